The molecule has 0 heterocycles. The number of nitrogens with one attached hydrogen (secondary N) is 1. The lowest BCUT2D eigenvalue weighted by atomic mass is 10.2. The number of benzene rings is 1. The molecule has 1 aromatic carbocycles. The van der Waals surface area contributed by atoms with Gasteiger partial charge in [-0.25, -0.2) is 0 Å². The molecule has 18 heavy (non-hydrogen) atoms. The van der Waals surface area contributed by atoms with Gasteiger partial charge >= 0.3 is 0 Å². The number of nitrogens with zero attached hydrogens (tertiary/aromatic N) is 1. The van der Waals surface area contributed by atoms with Crippen LogP contribution in [0.3, 0.4) is 0 Å². The molecule has 1 amide bonds. The van der Waals surface area contributed by atoms with Crippen LogP contribution in [0.5, 0.6) is 5.75 Å². The number of hydrogen-bond acceptors (Lipinski definition) is 4. The Morgan fingerprint density at radius 2 is 2.17 bits per heavy atom. The molecule has 0 unspecified atom stereocenters. The van der Waals surface area contributed by atoms with Gasteiger partial charge in [0.25, 0.3) is 0 Å². The number of methoxy groups -OCH3 is 1. The Bertz CT molecular complexity index is 382. The zero-order valence-electron chi connectivity index (χ0n) is 10.8. The van der Waals surface area contributed by atoms with Crippen LogP contribution in [0.1, 0.15) is 5.56 Å². The van der Waals surface area contributed by atoms with Gasteiger partial charge in [-0.3, -0.25) is 9.69 Å². The second-order valence-corrected chi connectivity index (χ2v) is 3.92. The molecule has 0 spiro atoms. The van der Waals surface area contributed by atoms with Crippen molar-refractivity contribution in [3.63, 3.8) is 0 Å². The summed E-state index contributed by atoms with van der Waals surface area (Å²) in [6, 6.07) is 7.66. The highest BCUT2D eigenvalue weighted by atomic mass is 16.5. The third-order valence-corrected chi connectivity index (χ3v) is 2.65. The van der Waals surface area contributed by atoms with E-state index in [4.69, 9.17) is 9.84 Å². The second-order valence-electron chi connectivity index (χ2n) is 3.92. The van der Waals surface area contributed by atoms with E-state index in [1.807, 2.05) is 29.2 Å². The minimum absolute atomic E-state index is 0.0200. The average Bonchev–Trinajstić information content (AvgIpc) is 2.39. The third kappa shape index (κ3) is 4.35. The lowest BCUT2D eigenvalue weighted by Gasteiger charge is -2.21. The fraction of sp³-hybridized carbons (Fsp3) is 0.462. The van der Waals surface area contributed by atoms with E-state index in [2.05, 4.69) is 5.32 Å². The summed E-state index contributed by atoms with van der Waals surface area (Å²) in [5.74, 6) is 0.718. The predicted octanol–water partition coefficient (Wildman–Crippen LogP) is 0.236. The minimum atomic E-state index is -0.0710. The molecule has 1 aromatic rings. The fourth-order valence-corrected chi connectivity index (χ4v) is 1.71. The van der Waals surface area contributed by atoms with Crippen molar-refractivity contribution < 1.29 is 14.6 Å². The molecule has 0 saturated heterocycles. The first-order valence-corrected chi connectivity index (χ1v) is 5.87. The van der Waals surface area contributed by atoms with Gasteiger partial charge in [-0.15, -0.1) is 0 Å². The zero-order chi connectivity index (χ0) is 13.4. The van der Waals surface area contributed by atoms with Crippen LogP contribution in [0.15, 0.2) is 24.3 Å². The van der Waals surface area contributed by atoms with E-state index in [0.29, 0.717) is 13.1 Å². The molecule has 1 rings (SSSR count). The van der Waals surface area contributed by atoms with Gasteiger partial charge in [-0.1, -0.05) is 18.2 Å². The fourth-order valence-electron chi connectivity index (χ4n) is 1.71. The highest BCUT2D eigenvalue weighted by Crippen LogP contribution is 2.18. The zero-order valence-corrected chi connectivity index (χ0v) is 10.8. The highest BCUT2D eigenvalue weighted by Gasteiger charge is 2.12. The summed E-state index contributed by atoms with van der Waals surface area (Å²) in [6.45, 7) is 1.30. The lowest BCUT2D eigenvalue weighted by Crippen LogP contribution is -2.36. The number of likely N-dealkylation sites (N-methyl/N-ethyl adjacent to an activating group) is 1. The summed E-state index contributed by atoms with van der Waals surface area (Å²) in [6.07, 6.45) is 0. The standard InChI is InChI=1S/C13H20N2O3/c1-14-13(17)10-15(7-8-16)9-11-5-3-4-6-12(11)18-2/h3-6,16H,7-10H2,1-2H3,(H,14,17). The number of carbonyl (C=O) groups excluding carboxylic acids is 1. The molecule has 0 aliphatic rings. The van der Waals surface area contributed by atoms with Crippen molar-refractivity contribution in [2.24, 2.45) is 0 Å². The number of para-hydroxylation sites is 1. The van der Waals surface area contributed by atoms with Crippen LogP contribution in [0.4, 0.5) is 0 Å². The normalized spacial score (nSPS) is 10.4. The number of hydrogen-bond donors (Lipinski definition) is 2. The summed E-state index contributed by atoms with van der Waals surface area (Å²) in [7, 11) is 3.22. The maximum Gasteiger partial charge on any atom is 0.233 e. The first kappa shape index (κ1) is 14.5. The van der Waals surface area contributed by atoms with Crippen LogP contribution in [-0.2, 0) is 11.3 Å². The van der Waals surface area contributed by atoms with Gasteiger partial charge in [0, 0.05) is 25.7 Å². The van der Waals surface area contributed by atoms with Crippen molar-refractivity contribution in [1.29, 1.82) is 0 Å². The molecule has 0 fully saturated rings. The van der Waals surface area contributed by atoms with E-state index >= 15 is 0 Å². The SMILES string of the molecule is CNC(=O)CN(CCO)Cc1ccccc1OC. The first-order valence-electron chi connectivity index (χ1n) is 5.87. The Labute approximate surface area is 107 Å². The molecular weight excluding hydrogens is 232 g/mol. The summed E-state index contributed by atoms with van der Waals surface area (Å²) in [5, 5.41) is 11.6. The van der Waals surface area contributed by atoms with Gasteiger partial charge in [-0.2, -0.15) is 0 Å². The molecule has 0 aliphatic carbocycles. The number of aliphatic hydroxyl groups excluding tert-OH is 1. The van der Waals surface area contributed by atoms with E-state index in [-0.39, 0.29) is 19.1 Å². The second kappa shape index (κ2) is 7.68. The topological polar surface area (TPSA) is 61.8 Å². The Morgan fingerprint density at radius 1 is 1.44 bits per heavy atom. The molecule has 0 aromatic heterocycles. The Morgan fingerprint density at radius 3 is 2.78 bits per heavy atom. The van der Waals surface area contributed by atoms with Gasteiger partial charge < -0.3 is 15.2 Å². The molecule has 5 nitrogen and oxygen atoms in total. The number of amides is 1. The maximum absolute atomic E-state index is 11.4. The van der Waals surface area contributed by atoms with Gasteiger partial charge in [0.05, 0.1) is 20.3 Å². The van der Waals surface area contributed by atoms with Gasteiger partial charge in [0.2, 0.25) is 5.91 Å². The molecule has 0 atom stereocenters. The number of rotatable bonds is 7. The maximum atomic E-state index is 11.4. The van der Waals surface area contributed by atoms with Crippen molar-refractivity contribution in [3.8, 4) is 5.75 Å². The molecule has 100 valence electrons. The van der Waals surface area contributed by atoms with Crippen molar-refractivity contribution in [2.45, 2.75) is 6.54 Å². The minimum Gasteiger partial charge on any atom is -0.496 e. The predicted molar refractivity (Wildman–Crippen MR) is 69.4 cm³/mol. The van der Waals surface area contributed by atoms with Gasteiger partial charge in [0.1, 0.15) is 5.75 Å². The van der Waals surface area contributed by atoms with Crippen LogP contribution in [-0.4, -0.2) is 49.8 Å². The lowest BCUT2D eigenvalue weighted by molar-refractivity contribution is -0.122. The molecule has 0 aliphatic heterocycles. The quantitative estimate of drug-likeness (QED) is 0.729. The van der Waals surface area contributed by atoms with E-state index < -0.39 is 0 Å². The molecule has 0 saturated carbocycles. The van der Waals surface area contributed by atoms with Gasteiger partial charge in [-0.05, 0) is 6.07 Å². The first-order chi connectivity index (χ1) is 8.71. The molecule has 0 radical (unpaired) electrons. The smallest absolute Gasteiger partial charge is 0.233 e. The van der Waals surface area contributed by atoms with Crippen LogP contribution < -0.4 is 10.1 Å². The van der Waals surface area contributed by atoms with Crippen LogP contribution in [0.2, 0.25) is 0 Å². The molecule has 2 N–H and O–H groups in total. The Kier molecular flexibility index (Phi) is 6.18. The summed E-state index contributed by atoms with van der Waals surface area (Å²) >= 11 is 0. The monoisotopic (exact) mass is 252 g/mol. The van der Waals surface area contributed by atoms with Crippen molar-refractivity contribution in [3.05, 3.63) is 29.8 Å². The Hall–Kier alpha value is -1.59. The van der Waals surface area contributed by atoms with Crippen molar-refractivity contribution in [1.82, 2.24) is 10.2 Å². The molecule has 0 bridgehead atoms. The molecular formula is C13H20N2O3. The average molecular weight is 252 g/mol. The number of ether oxygens (including phenoxy) is 1. The van der Waals surface area contributed by atoms with E-state index in [1.54, 1.807) is 14.2 Å². The number of aliphatic hydroxyl groups is 1. The van der Waals surface area contributed by atoms with Gasteiger partial charge in [0.15, 0.2) is 0 Å². The Balaban J connectivity index is 2.72. The van der Waals surface area contributed by atoms with E-state index in [1.165, 1.54) is 0 Å². The summed E-state index contributed by atoms with van der Waals surface area (Å²) in [5.41, 5.74) is 0.998. The van der Waals surface area contributed by atoms with E-state index in [0.717, 1.165) is 11.3 Å². The largest absolute Gasteiger partial charge is 0.496 e. The van der Waals surface area contributed by atoms with Crippen LogP contribution in [0, 0.1) is 0 Å². The van der Waals surface area contributed by atoms with Crippen LogP contribution >= 0.6 is 0 Å². The van der Waals surface area contributed by atoms with Crippen molar-refractivity contribution >= 4 is 5.91 Å². The summed E-state index contributed by atoms with van der Waals surface area (Å²) < 4.78 is 5.27. The summed E-state index contributed by atoms with van der Waals surface area (Å²) in [4.78, 5) is 13.2. The third-order valence-electron chi connectivity index (χ3n) is 2.65. The number of carbonyl (C=O) groups is 1. The van der Waals surface area contributed by atoms with Crippen molar-refractivity contribution in [2.75, 3.05) is 33.9 Å². The highest BCUT2D eigenvalue weighted by molar-refractivity contribution is 5.77. The van der Waals surface area contributed by atoms with E-state index in [9.17, 15) is 4.79 Å². The molecule has 5 heteroatoms. The van der Waals surface area contributed by atoms with Crippen LogP contribution in [0.25, 0.3) is 0 Å².